The van der Waals surface area contributed by atoms with Crippen LogP contribution in [0.25, 0.3) is 11.4 Å². The van der Waals surface area contributed by atoms with Crippen LogP contribution in [0.4, 0.5) is 0 Å². The average molecular weight is 314 g/mol. The normalized spacial score (nSPS) is 18.0. The molecule has 1 saturated heterocycles. The third-order valence-electron chi connectivity index (χ3n) is 4.27. The summed E-state index contributed by atoms with van der Waals surface area (Å²) in [6.45, 7) is 4.05. The lowest BCUT2D eigenvalue weighted by molar-refractivity contribution is -0.130. The average Bonchev–Trinajstić information content (AvgIpc) is 3.10. The van der Waals surface area contributed by atoms with E-state index >= 15 is 0 Å². The molecule has 3 rings (SSSR count). The van der Waals surface area contributed by atoms with E-state index in [1.54, 1.807) is 19.3 Å². The first kappa shape index (κ1) is 15.5. The summed E-state index contributed by atoms with van der Waals surface area (Å²) in [5, 5.41) is 6.80. The van der Waals surface area contributed by atoms with Gasteiger partial charge in [0.2, 0.25) is 5.91 Å². The minimum Gasteiger partial charge on any atom is -0.492 e. The van der Waals surface area contributed by atoms with Crippen molar-refractivity contribution in [3.8, 4) is 17.1 Å². The Morgan fingerprint density at radius 3 is 3.04 bits per heavy atom. The van der Waals surface area contributed by atoms with Gasteiger partial charge in [-0.1, -0.05) is 0 Å². The third kappa shape index (κ3) is 4.09. The molecule has 6 nitrogen and oxygen atoms in total. The van der Waals surface area contributed by atoms with E-state index in [2.05, 4.69) is 15.2 Å². The van der Waals surface area contributed by atoms with Gasteiger partial charge in [-0.25, -0.2) is 0 Å². The van der Waals surface area contributed by atoms with Crippen LogP contribution in [0, 0.1) is 5.92 Å². The van der Waals surface area contributed by atoms with Crippen molar-refractivity contribution in [1.29, 1.82) is 0 Å². The maximum absolute atomic E-state index is 11.4. The number of aromatic amines is 1. The van der Waals surface area contributed by atoms with Crippen LogP contribution in [0.15, 0.2) is 30.6 Å². The molecule has 0 saturated carbocycles. The molecule has 0 spiro atoms. The Bertz CT molecular complexity index is 625. The van der Waals surface area contributed by atoms with E-state index < -0.39 is 0 Å². The summed E-state index contributed by atoms with van der Waals surface area (Å²) < 4.78 is 5.79. The molecular weight excluding hydrogens is 292 g/mol. The number of hydrogen-bond donors (Lipinski definition) is 1. The lowest BCUT2D eigenvalue weighted by atomic mass is 9.95. The highest BCUT2D eigenvalue weighted by atomic mass is 16.5. The van der Waals surface area contributed by atoms with Crippen LogP contribution < -0.4 is 4.74 Å². The van der Waals surface area contributed by atoms with E-state index in [4.69, 9.17) is 4.74 Å². The number of nitrogens with zero attached hydrogens (tertiary/aromatic N) is 3. The summed E-state index contributed by atoms with van der Waals surface area (Å²) in [5.74, 6) is 1.48. The SMILES string of the molecule is CC(=O)N1CCC[C@@H](CCOc2ccc(-c3ccn[nH]3)nc2)C1. The van der Waals surface area contributed by atoms with E-state index in [0.717, 1.165) is 43.1 Å². The number of ether oxygens (including phenoxy) is 1. The number of carbonyl (C=O) groups excluding carboxylic acids is 1. The molecule has 6 heteroatoms. The van der Waals surface area contributed by atoms with Gasteiger partial charge in [-0.3, -0.25) is 14.9 Å². The number of H-pyrrole nitrogens is 1. The van der Waals surface area contributed by atoms with Gasteiger partial charge in [0.05, 0.1) is 24.2 Å². The Hall–Kier alpha value is -2.37. The Kier molecular flexibility index (Phi) is 4.90. The fourth-order valence-corrected chi connectivity index (χ4v) is 2.95. The molecule has 1 atom stereocenters. The molecule has 2 aromatic heterocycles. The van der Waals surface area contributed by atoms with Gasteiger partial charge in [0.1, 0.15) is 5.75 Å². The summed E-state index contributed by atoms with van der Waals surface area (Å²) >= 11 is 0. The molecule has 0 radical (unpaired) electrons. The lowest BCUT2D eigenvalue weighted by Crippen LogP contribution is -2.38. The topological polar surface area (TPSA) is 71.1 Å². The highest BCUT2D eigenvalue weighted by Crippen LogP contribution is 2.21. The van der Waals surface area contributed by atoms with E-state index in [-0.39, 0.29) is 5.91 Å². The minimum absolute atomic E-state index is 0.175. The van der Waals surface area contributed by atoms with Crippen LogP contribution in [0.5, 0.6) is 5.75 Å². The van der Waals surface area contributed by atoms with Crippen molar-refractivity contribution in [2.24, 2.45) is 5.92 Å². The number of carbonyl (C=O) groups is 1. The lowest BCUT2D eigenvalue weighted by Gasteiger charge is -2.32. The first-order valence-electron chi connectivity index (χ1n) is 8.06. The molecule has 23 heavy (non-hydrogen) atoms. The molecule has 0 unspecified atom stereocenters. The monoisotopic (exact) mass is 314 g/mol. The van der Waals surface area contributed by atoms with Crippen molar-refractivity contribution >= 4 is 5.91 Å². The van der Waals surface area contributed by atoms with Crippen molar-refractivity contribution in [3.05, 3.63) is 30.6 Å². The molecule has 122 valence electrons. The molecule has 1 aliphatic rings. The maximum Gasteiger partial charge on any atom is 0.219 e. The van der Waals surface area contributed by atoms with Crippen molar-refractivity contribution in [1.82, 2.24) is 20.1 Å². The van der Waals surface area contributed by atoms with Crippen molar-refractivity contribution in [3.63, 3.8) is 0 Å². The first-order valence-corrected chi connectivity index (χ1v) is 8.06. The summed E-state index contributed by atoms with van der Waals surface area (Å²) in [6, 6.07) is 5.72. The predicted octanol–water partition coefficient (Wildman–Crippen LogP) is 2.50. The summed E-state index contributed by atoms with van der Waals surface area (Å²) in [4.78, 5) is 17.8. The smallest absolute Gasteiger partial charge is 0.219 e. The minimum atomic E-state index is 0.175. The largest absolute Gasteiger partial charge is 0.492 e. The number of likely N-dealkylation sites (tertiary alicyclic amines) is 1. The van der Waals surface area contributed by atoms with Crippen molar-refractivity contribution in [2.45, 2.75) is 26.2 Å². The van der Waals surface area contributed by atoms with Gasteiger partial charge >= 0.3 is 0 Å². The fourth-order valence-electron chi connectivity index (χ4n) is 2.95. The predicted molar refractivity (Wildman–Crippen MR) is 86.9 cm³/mol. The number of rotatable bonds is 5. The summed E-state index contributed by atoms with van der Waals surface area (Å²) in [6.07, 6.45) is 6.66. The Balaban J connectivity index is 1.46. The Morgan fingerprint density at radius 1 is 1.43 bits per heavy atom. The van der Waals surface area contributed by atoms with Crippen LogP contribution in [0.2, 0.25) is 0 Å². The molecule has 3 heterocycles. The second-order valence-corrected chi connectivity index (χ2v) is 5.96. The fraction of sp³-hybridized carbons (Fsp3) is 0.471. The standard InChI is InChI=1S/C17H22N4O2/c1-13(22)21-9-2-3-14(12-21)7-10-23-15-4-5-16(18-11-15)17-6-8-19-20-17/h4-6,8,11,14H,2-3,7,9-10,12H2,1H3,(H,19,20)/t14-/m0/s1. The second kappa shape index (κ2) is 7.26. The van der Waals surface area contributed by atoms with Gasteiger partial charge in [-0.05, 0) is 43.4 Å². The summed E-state index contributed by atoms with van der Waals surface area (Å²) in [5.41, 5.74) is 1.74. The molecular formula is C17H22N4O2. The van der Waals surface area contributed by atoms with Crippen molar-refractivity contribution in [2.75, 3.05) is 19.7 Å². The van der Waals surface area contributed by atoms with E-state index in [1.807, 2.05) is 23.1 Å². The quantitative estimate of drug-likeness (QED) is 0.920. The van der Waals surface area contributed by atoms with Gasteiger partial charge in [0.25, 0.3) is 0 Å². The van der Waals surface area contributed by atoms with E-state index in [1.165, 1.54) is 6.42 Å². The Labute approximate surface area is 135 Å². The molecule has 1 N–H and O–H groups in total. The number of aromatic nitrogens is 3. The van der Waals surface area contributed by atoms with Crippen LogP contribution in [0.3, 0.4) is 0 Å². The molecule has 1 amide bonds. The zero-order valence-electron chi connectivity index (χ0n) is 13.4. The molecule has 0 bridgehead atoms. The maximum atomic E-state index is 11.4. The zero-order valence-corrected chi connectivity index (χ0v) is 13.4. The number of piperidine rings is 1. The van der Waals surface area contributed by atoms with E-state index in [9.17, 15) is 4.79 Å². The second-order valence-electron chi connectivity index (χ2n) is 5.96. The van der Waals surface area contributed by atoms with Gasteiger partial charge in [0.15, 0.2) is 0 Å². The zero-order chi connectivity index (χ0) is 16.1. The van der Waals surface area contributed by atoms with Crippen LogP contribution in [-0.2, 0) is 4.79 Å². The van der Waals surface area contributed by atoms with E-state index in [0.29, 0.717) is 12.5 Å². The Morgan fingerprint density at radius 2 is 2.35 bits per heavy atom. The van der Waals surface area contributed by atoms with Gasteiger partial charge < -0.3 is 9.64 Å². The molecule has 0 aromatic carbocycles. The van der Waals surface area contributed by atoms with Gasteiger partial charge in [0, 0.05) is 26.2 Å². The number of nitrogens with one attached hydrogen (secondary N) is 1. The van der Waals surface area contributed by atoms with Gasteiger partial charge in [-0.2, -0.15) is 5.10 Å². The molecule has 0 aliphatic carbocycles. The number of hydrogen-bond acceptors (Lipinski definition) is 4. The van der Waals surface area contributed by atoms with Crippen LogP contribution in [-0.4, -0.2) is 45.7 Å². The molecule has 1 aliphatic heterocycles. The van der Waals surface area contributed by atoms with Crippen molar-refractivity contribution < 1.29 is 9.53 Å². The summed E-state index contributed by atoms with van der Waals surface area (Å²) in [7, 11) is 0. The van der Waals surface area contributed by atoms with Gasteiger partial charge in [-0.15, -0.1) is 0 Å². The van der Waals surface area contributed by atoms with Crippen LogP contribution in [0.1, 0.15) is 26.2 Å². The first-order chi connectivity index (χ1) is 11.2. The molecule has 2 aromatic rings. The molecule has 1 fully saturated rings. The number of pyridine rings is 1. The van der Waals surface area contributed by atoms with Crippen LogP contribution >= 0.6 is 0 Å². The highest BCUT2D eigenvalue weighted by Gasteiger charge is 2.21. The third-order valence-corrected chi connectivity index (χ3v) is 4.27. The highest BCUT2D eigenvalue weighted by molar-refractivity contribution is 5.73. The number of amides is 1.